The Morgan fingerprint density at radius 3 is 2.57 bits per heavy atom. The van der Waals surface area contributed by atoms with Crippen LogP contribution in [0.1, 0.15) is 38.1 Å². The van der Waals surface area contributed by atoms with Crippen molar-refractivity contribution in [3.05, 3.63) is 66.7 Å². The van der Waals surface area contributed by atoms with E-state index in [1.165, 1.54) is 0 Å². The molecule has 1 aromatic carbocycles. The minimum absolute atomic E-state index is 0.708. The Balaban J connectivity index is 1.64. The standard InChI is InChI=1S/C22H22N6/c1-5-15(4)28-22(14(2)3)26-19(27-28)11-9-17-8-6-16-7-10-18-21(20(16)25-17)24-13-12-23-18/h5-8,10,12-13H,2,9,11H2,1,3-4H3/b15-5-. The molecule has 3 aromatic heterocycles. The van der Waals surface area contributed by atoms with Gasteiger partial charge in [-0.2, -0.15) is 5.10 Å². The highest BCUT2D eigenvalue weighted by Crippen LogP contribution is 2.21. The van der Waals surface area contributed by atoms with Crippen LogP contribution in [0.3, 0.4) is 0 Å². The molecule has 6 nitrogen and oxygen atoms in total. The third kappa shape index (κ3) is 3.29. The largest absolute Gasteiger partial charge is 0.253 e. The predicted molar refractivity (Wildman–Crippen MR) is 113 cm³/mol. The average molecular weight is 370 g/mol. The molecule has 0 aliphatic rings. The van der Waals surface area contributed by atoms with E-state index in [9.17, 15) is 0 Å². The monoisotopic (exact) mass is 370 g/mol. The van der Waals surface area contributed by atoms with Crippen LogP contribution >= 0.6 is 0 Å². The molecule has 0 atom stereocenters. The number of aromatic nitrogens is 6. The Kier molecular flexibility index (Phi) is 4.69. The van der Waals surface area contributed by atoms with E-state index in [1.54, 1.807) is 12.4 Å². The maximum absolute atomic E-state index is 4.84. The molecule has 4 rings (SSSR count). The lowest BCUT2D eigenvalue weighted by Crippen LogP contribution is -2.01. The fourth-order valence-corrected chi connectivity index (χ4v) is 3.14. The maximum Gasteiger partial charge on any atom is 0.158 e. The summed E-state index contributed by atoms with van der Waals surface area (Å²) in [5, 5.41) is 5.72. The van der Waals surface area contributed by atoms with Gasteiger partial charge in [0.1, 0.15) is 5.52 Å². The normalized spacial score (nSPS) is 12.0. The molecule has 0 aliphatic carbocycles. The number of rotatable bonds is 5. The topological polar surface area (TPSA) is 69.4 Å². The van der Waals surface area contributed by atoms with Crippen molar-refractivity contribution < 1.29 is 0 Å². The molecule has 140 valence electrons. The molecular weight excluding hydrogens is 348 g/mol. The van der Waals surface area contributed by atoms with Crippen molar-refractivity contribution in [2.75, 3.05) is 0 Å². The third-order valence-corrected chi connectivity index (χ3v) is 4.75. The number of fused-ring (bicyclic) bond motifs is 3. The molecule has 0 N–H and O–H groups in total. The van der Waals surface area contributed by atoms with Crippen LogP contribution in [0.15, 0.2) is 49.3 Å². The van der Waals surface area contributed by atoms with Crippen LogP contribution in [0.4, 0.5) is 0 Å². The van der Waals surface area contributed by atoms with Crippen LogP contribution in [0.25, 0.3) is 33.2 Å². The fourth-order valence-electron chi connectivity index (χ4n) is 3.14. The number of benzene rings is 1. The Hall–Kier alpha value is -3.41. The molecule has 6 heteroatoms. The van der Waals surface area contributed by atoms with Crippen LogP contribution in [-0.4, -0.2) is 29.7 Å². The van der Waals surface area contributed by atoms with E-state index in [2.05, 4.69) is 38.8 Å². The van der Waals surface area contributed by atoms with Crippen molar-refractivity contribution in [2.45, 2.75) is 33.6 Å². The van der Waals surface area contributed by atoms with Gasteiger partial charge in [0, 0.05) is 35.6 Å². The number of hydrogen-bond acceptors (Lipinski definition) is 5. The summed E-state index contributed by atoms with van der Waals surface area (Å²) in [5.41, 5.74) is 5.49. The molecule has 0 bridgehead atoms. The summed E-state index contributed by atoms with van der Waals surface area (Å²) in [6.07, 6.45) is 6.88. The Morgan fingerprint density at radius 2 is 1.79 bits per heavy atom. The van der Waals surface area contributed by atoms with Crippen molar-refractivity contribution >= 4 is 33.2 Å². The van der Waals surface area contributed by atoms with E-state index >= 15 is 0 Å². The average Bonchev–Trinajstić information content (AvgIpc) is 3.16. The Labute approximate surface area is 163 Å². The first kappa shape index (κ1) is 18.0. The van der Waals surface area contributed by atoms with Crippen molar-refractivity contribution in [1.82, 2.24) is 29.7 Å². The molecule has 0 amide bonds. The molecule has 4 aromatic rings. The molecule has 0 fully saturated rings. The van der Waals surface area contributed by atoms with E-state index in [1.807, 2.05) is 43.7 Å². The maximum atomic E-state index is 4.84. The zero-order valence-electron chi connectivity index (χ0n) is 16.3. The van der Waals surface area contributed by atoms with Crippen LogP contribution in [-0.2, 0) is 12.8 Å². The van der Waals surface area contributed by atoms with E-state index < -0.39 is 0 Å². The zero-order chi connectivity index (χ0) is 19.7. The lowest BCUT2D eigenvalue weighted by molar-refractivity contribution is 0.806. The van der Waals surface area contributed by atoms with E-state index in [0.29, 0.717) is 6.42 Å². The van der Waals surface area contributed by atoms with Gasteiger partial charge in [-0.25, -0.2) is 9.67 Å². The summed E-state index contributed by atoms with van der Waals surface area (Å²) in [4.78, 5) is 18.3. The number of hydrogen-bond donors (Lipinski definition) is 0. The molecule has 0 saturated heterocycles. The van der Waals surface area contributed by atoms with E-state index in [0.717, 1.165) is 57.0 Å². The second-order valence-corrected chi connectivity index (χ2v) is 6.84. The van der Waals surface area contributed by atoms with Gasteiger partial charge in [0.25, 0.3) is 0 Å². The van der Waals surface area contributed by atoms with E-state index in [-0.39, 0.29) is 0 Å². The fraction of sp³-hybridized carbons (Fsp3) is 0.227. The number of pyridine rings is 1. The van der Waals surface area contributed by atoms with Gasteiger partial charge in [-0.15, -0.1) is 0 Å². The second kappa shape index (κ2) is 7.31. The van der Waals surface area contributed by atoms with Gasteiger partial charge in [-0.05, 0) is 44.9 Å². The van der Waals surface area contributed by atoms with Crippen molar-refractivity contribution in [3.63, 3.8) is 0 Å². The lowest BCUT2D eigenvalue weighted by Gasteiger charge is -2.04. The van der Waals surface area contributed by atoms with Crippen molar-refractivity contribution in [3.8, 4) is 0 Å². The predicted octanol–water partition coefficient (Wildman–Crippen LogP) is 4.47. The summed E-state index contributed by atoms with van der Waals surface area (Å²) in [6, 6.07) is 8.15. The van der Waals surface area contributed by atoms with Gasteiger partial charge in [0.15, 0.2) is 11.6 Å². The lowest BCUT2D eigenvalue weighted by atomic mass is 10.1. The summed E-state index contributed by atoms with van der Waals surface area (Å²) in [7, 11) is 0. The summed E-state index contributed by atoms with van der Waals surface area (Å²) in [6.45, 7) is 9.98. The van der Waals surface area contributed by atoms with Crippen LogP contribution in [0.2, 0.25) is 0 Å². The van der Waals surface area contributed by atoms with Crippen molar-refractivity contribution in [1.29, 1.82) is 0 Å². The summed E-state index contributed by atoms with van der Waals surface area (Å²) < 4.78 is 1.86. The van der Waals surface area contributed by atoms with Gasteiger partial charge in [0.05, 0.1) is 11.0 Å². The van der Waals surface area contributed by atoms with Gasteiger partial charge < -0.3 is 0 Å². The second-order valence-electron chi connectivity index (χ2n) is 6.84. The first-order valence-electron chi connectivity index (χ1n) is 9.31. The minimum Gasteiger partial charge on any atom is -0.253 e. The summed E-state index contributed by atoms with van der Waals surface area (Å²) in [5.74, 6) is 1.59. The van der Waals surface area contributed by atoms with Gasteiger partial charge >= 0.3 is 0 Å². The van der Waals surface area contributed by atoms with Crippen LogP contribution < -0.4 is 0 Å². The van der Waals surface area contributed by atoms with E-state index in [4.69, 9.17) is 4.98 Å². The smallest absolute Gasteiger partial charge is 0.158 e. The highest BCUT2D eigenvalue weighted by atomic mass is 15.4. The molecule has 0 unspecified atom stereocenters. The summed E-state index contributed by atoms with van der Waals surface area (Å²) >= 11 is 0. The third-order valence-electron chi connectivity index (χ3n) is 4.75. The highest BCUT2D eigenvalue weighted by Gasteiger charge is 2.12. The first-order valence-corrected chi connectivity index (χ1v) is 9.31. The zero-order valence-corrected chi connectivity index (χ0v) is 16.3. The van der Waals surface area contributed by atoms with Crippen LogP contribution in [0.5, 0.6) is 0 Å². The first-order chi connectivity index (χ1) is 13.6. The number of aryl methyl sites for hydroxylation is 2. The van der Waals surface area contributed by atoms with Crippen LogP contribution in [0, 0.1) is 0 Å². The number of nitrogens with zero attached hydrogens (tertiary/aromatic N) is 6. The molecule has 0 radical (unpaired) electrons. The molecule has 28 heavy (non-hydrogen) atoms. The SMILES string of the molecule is C=C(C)c1nc(CCc2ccc3ccc4nccnc4c3n2)nn1/C(C)=C\C. The molecule has 3 heterocycles. The Morgan fingerprint density at radius 1 is 1.00 bits per heavy atom. The molecule has 0 spiro atoms. The Bertz CT molecular complexity index is 1220. The quantitative estimate of drug-likeness (QED) is 0.485. The minimum atomic E-state index is 0.708. The van der Waals surface area contributed by atoms with Crippen molar-refractivity contribution in [2.24, 2.45) is 0 Å². The van der Waals surface area contributed by atoms with Gasteiger partial charge in [-0.3, -0.25) is 15.0 Å². The van der Waals surface area contributed by atoms with Gasteiger partial charge in [-0.1, -0.05) is 24.8 Å². The molecular formula is C22H22N6. The molecule has 0 saturated carbocycles. The molecule has 0 aliphatic heterocycles. The highest BCUT2D eigenvalue weighted by molar-refractivity contribution is 6.00. The van der Waals surface area contributed by atoms with Gasteiger partial charge in [0.2, 0.25) is 0 Å². The number of allylic oxidation sites excluding steroid dienone is 3.